The average molecular weight is 196 g/mol. The molecule has 1 heterocycles. The SMILES string of the molecule is C#CCC(N)C(=O)N1CC(O)(CC)C1. The van der Waals surface area contributed by atoms with E-state index < -0.39 is 11.6 Å². The van der Waals surface area contributed by atoms with E-state index in [0.29, 0.717) is 19.5 Å². The molecule has 1 atom stereocenters. The zero-order valence-electron chi connectivity index (χ0n) is 8.36. The fraction of sp³-hybridized carbons (Fsp3) is 0.700. The van der Waals surface area contributed by atoms with Gasteiger partial charge in [-0.3, -0.25) is 4.79 Å². The Hall–Kier alpha value is -1.05. The van der Waals surface area contributed by atoms with Gasteiger partial charge in [0.2, 0.25) is 5.91 Å². The fourth-order valence-electron chi connectivity index (χ4n) is 1.49. The number of aliphatic hydroxyl groups is 1. The molecule has 1 unspecified atom stereocenters. The first kappa shape index (κ1) is 11.0. The summed E-state index contributed by atoms with van der Waals surface area (Å²) < 4.78 is 0. The Balaban J connectivity index is 2.40. The van der Waals surface area contributed by atoms with Gasteiger partial charge >= 0.3 is 0 Å². The number of carbonyl (C=O) groups excluding carboxylic acids is 1. The third kappa shape index (κ3) is 2.06. The van der Waals surface area contributed by atoms with E-state index in [9.17, 15) is 9.90 Å². The van der Waals surface area contributed by atoms with Gasteiger partial charge in [-0.25, -0.2) is 0 Å². The van der Waals surface area contributed by atoms with Gasteiger partial charge < -0.3 is 15.7 Å². The molecule has 0 radical (unpaired) electrons. The lowest BCUT2D eigenvalue weighted by Gasteiger charge is -2.46. The van der Waals surface area contributed by atoms with Crippen LogP contribution in [0.25, 0.3) is 0 Å². The molecule has 0 aliphatic carbocycles. The summed E-state index contributed by atoms with van der Waals surface area (Å²) >= 11 is 0. The average Bonchev–Trinajstić information content (AvgIpc) is 2.12. The van der Waals surface area contributed by atoms with E-state index in [0.717, 1.165) is 0 Å². The number of carbonyl (C=O) groups is 1. The highest BCUT2D eigenvalue weighted by atomic mass is 16.3. The Morgan fingerprint density at radius 3 is 2.79 bits per heavy atom. The van der Waals surface area contributed by atoms with Crippen molar-refractivity contribution in [3.8, 4) is 12.3 Å². The number of terminal acetylenes is 1. The van der Waals surface area contributed by atoms with Gasteiger partial charge in [-0.05, 0) is 6.42 Å². The summed E-state index contributed by atoms with van der Waals surface area (Å²) in [4.78, 5) is 13.1. The summed E-state index contributed by atoms with van der Waals surface area (Å²) in [6, 6.07) is -0.624. The number of β-amino-alcohol motifs (C(OH)–C–C–N with tert-alkyl or cyclic N) is 1. The minimum atomic E-state index is -0.703. The van der Waals surface area contributed by atoms with Crippen LogP contribution in [0.4, 0.5) is 0 Å². The lowest BCUT2D eigenvalue weighted by atomic mass is 9.90. The maximum atomic E-state index is 11.5. The van der Waals surface area contributed by atoms with Crippen molar-refractivity contribution in [1.82, 2.24) is 4.90 Å². The minimum Gasteiger partial charge on any atom is -0.386 e. The molecule has 0 aromatic rings. The molecule has 4 nitrogen and oxygen atoms in total. The summed E-state index contributed by atoms with van der Waals surface area (Å²) in [6.07, 6.45) is 5.96. The maximum Gasteiger partial charge on any atom is 0.240 e. The van der Waals surface area contributed by atoms with Crippen LogP contribution in [0.3, 0.4) is 0 Å². The van der Waals surface area contributed by atoms with Crippen LogP contribution in [0, 0.1) is 12.3 Å². The number of nitrogens with two attached hydrogens (primary N) is 1. The second-order valence-electron chi connectivity index (χ2n) is 3.79. The fourth-order valence-corrected chi connectivity index (χ4v) is 1.49. The van der Waals surface area contributed by atoms with Gasteiger partial charge in [-0.15, -0.1) is 12.3 Å². The molecule has 78 valence electrons. The van der Waals surface area contributed by atoms with Crippen molar-refractivity contribution in [2.75, 3.05) is 13.1 Å². The Labute approximate surface area is 84.1 Å². The van der Waals surface area contributed by atoms with Crippen molar-refractivity contribution in [3.05, 3.63) is 0 Å². The lowest BCUT2D eigenvalue weighted by molar-refractivity contribution is -0.156. The minimum absolute atomic E-state index is 0.166. The van der Waals surface area contributed by atoms with Gasteiger partial charge in [0.25, 0.3) is 0 Å². The third-order valence-corrected chi connectivity index (χ3v) is 2.60. The molecule has 0 aromatic carbocycles. The van der Waals surface area contributed by atoms with Crippen molar-refractivity contribution < 1.29 is 9.90 Å². The molecule has 1 aliphatic heterocycles. The maximum absolute atomic E-state index is 11.5. The monoisotopic (exact) mass is 196 g/mol. The van der Waals surface area contributed by atoms with Gasteiger partial charge in [0.05, 0.1) is 24.7 Å². The van der Waals surface area contributed by atoms with Crippen LogP contribution in [0.1, 0.15) is 19.8 Å². The predicted molar refractivity (Wildman–Crippen MR) is 53.2 cm³/mol. The predicted octanol–water partition coefficient (Wildman–Crippen LogP) is -0.680. The number of rotatable bonds is 3. The van der Waals surface area contributed by atoms with Crippen LogP contribution in [-0.2, 0) is 4.79 Å². The zero-order valence-corrected chi connectivity index (χ0v) is 8.36. The topological polar surface area (TPSA) is 66.6 Å². The molecule has 1 rings (SSSR count). The molecule has 0 spiro atoms. The molecule has 4 heteroatoms. The molecule has 1 amide bonds. The lowest BCUT2D eigenvalue weighted by Crippen LogP contribution is -2.65. The molecule has 1 aliphatic rings. The van der Waals surface area contributed by atoms with Crippen molar-refractivity contribution in [2.45, 2.75) is 31.4 Å². The van der Waals surface area contributed by atoms with E-state index in [1.807, 2.05) is 6.92 Å². The van der Waals surface area contributed by atoms with Gasteiger partial charge in [-0.2, -0.15) is 0 Å². The van der Waals surface area contributed by atoms with E-state index in [4.69, 9.17) is 12.2 Å². The molecule has 0 bridgehead atoms. The number of likely N-dealkylation sites (tertiary alicyclic amines) is 1. The van der Waals surface area contributed by atoms with Crippen LogP contribution < -0.4 is 5.73 Å². The molecule has 1 fully saturated rings. The Morgan fingerprint density at radius 1 is 1.79 bits per heavy atom. The van der Waals surface area contributed by atoms with E-state index in [1.54, 1.807) is 4.90 Å². The van der Waals surface area contributed by atoms with E-state index in [-0.39, 0.29) is 12.3 Å². The van der Waals surface area contributed by atoms with Gasteiger partial charge in [0.15, 0.2) is 0 Å². The van der Waals surface area contributed by atoms with Crippen molar-refractivity contribution in [3.63, 3.8) is 0 Å². The molecule has 0 saturated carbocycles. The summed E-state index contributed by atoms with van der Waals surface area (Å²) in [6.45, 7) is 2.64. The standard InChI is InChI=1S/C10H16N2O2/c1-3-5-8(11)9(13)12-6-10(14,4-2)7-12/h1,8,14H,4-7,11H2,2H3. The van der Waals surface area contributed by atoms with Crippen LogP contribution in [0.5, 0.6) is 0 Å². The number of hydrogen-bond acceptors (Lipinski definition) is 3. The van der Waals surface area contributed by atoms with Gasteiger partial charge in [-0.1, -0.05) is 6.92 Å². The molecule has 14 heavy (non-hydrogen) atoms. The van der Waals surface area contributed by atoms with Crippen molar-refractivity contribution in [1.29, 1.82) is 0 Å². The van der Waals surface area contributed by atoms with Crippen molar-refractivity contribution >= 4 is 5.91 Å². The van der Waals surface area contributed by atoms with Crippen LogP contribution in [0.2, 0.25) is 0 Å². The van der Waals surface area contributed by atoms with E-state index >= 15 is 0 Å². The summed E-state index contributed by atoms with van der Waals surface area (Å²) in [5.41, 5.74) is 4.85. The van der Waals surface area contributed by atoms with E-state index in [2.05, 4.69) is 5.92 Å². The first-order valence-corrected chi connectivity index (χ1v) is 4.72. The second kappa shape index (κ2) is 3.99. The summed E-state index contributed by atoms with van der Waals surface area (Å²) in [5, 5.41) is 9.67. The molecular formula is C10H16N2O2. The molecule has 0 aromatic heterocycles. The highest BCUT2D eigenvalue weighted by molar-refractivity contribution is 5.83. The second-order valence-corrected chi connectivity index (χ2v) is 3.79. The molecular weight excluding hydrogens is 180 g/mol. The third-order valence-electron chi connectivity index (χ3n) is 2.60. The van der Waals surface area contributed by atoms with Crippen LogP contribution in [-0.4, -0.2) is 40.6 Å². The quantitative estimate of drug-likeness (QED) is 0.588. The summed E-state index contributed by atoms with van der Waals surface area (Å²) in [7, 11) is 0. The normalized spacial score (nSPS) is 20.9. The van der Waals surface area contributed by atoms with Gasteiger partial charge in [0, 0.05) is 6.42 Å². The first-order chi connectivity index (χ1) is 6.52. The summed E-state index contributed by atoms with van der Waals surface area (Å²) in [5.74, 6) is 2.19. The molecule has 1 saturated heterocycles. The van der Waals surface area contributed by atoms with Crippen molar-refractivity contribution in [2.24, 2.45) is 5.73 Å². The zero-order chi connectivity index (χ0) is 10.8. The number of hydrogen-bond donors (Lipinski definition) is 2. The smallest absolute Gasteiger partial charge is 0.240 e. The van der Waals surface area contributed by atoms with Crippen LogP contribution in [0.15, 0.2) is 0 Å². The highest BCUT2D eigenvalue weighted by Crippen LogP contribution is 2.24. The Kier molecular flexibility index (Phi) is 3.14. The number of amides is 1. The first-order valence-electron chi connectivity index (χ1n) is 4.72. The number of nitrogens with zero attached hydrogens (tertiary/aromatic N) is 1. The Morgan fingerprint density at radius 2 is 2.36 bits per heavy atom. The van der Waals surface area contributed by atoms with Gasteiger partial charge in [0.1, 0.15) is 0 Å². The highest BCUT2D eigenvalue weighted by Gasteiger charge is 2.42. The Bertz CT molecular complexity index is 264. The van der Waals surface area contributed by atoms with Crippen LogP contribution >= 0.6 is 0 Å². The van der Waals surface area contributed by atoms with E-state index in [1.165, 1.54) is 0 Å². The molecule has 3 N–H and O–H groups in total. The largest absolute Gasteiger partial charge is 0.386 e.